The van der Waals surface area contributed by atoms with Gasteiger partial charge in [0.15, 0.2) is 0 Å². The number of aromatic nitrogens is 3. The third-order valence-electron chi connectivity index (χ3n) is 5.26. The first kappa shape index (κ1) is 24.7. The molecule has 4 aromatic rings. The van der Waals surface area contributed by atoms with Crippen LogP contribution in [0.1, 0.15) is 17.2 Å². The van der Waals surface area contributed by atoms with E-state index < -0.39 is 24.3 Å². The van der Waals surface area contributed by atoms with Crippen LogP contribution in [0.2, 0.25) is 0 Å². The number of carboxylic acid groups (broad SMARTS) is 1. The molecule has 2 atom stereocenters. The summed E-state index contributed by atoms with van der Waals surface area (Å²) in [7, 11) is 0. The molecule has 0 saturated carbocycles. The van der Waals surface area contributed by atoms with E-state index in [0.717, 1.165) is 0 Å². The smallest absolute Gasteiger partial charge is 0.429 e. The number of carbonyl (C=O) groups is 1. The molecule has 0 aliphatic heterocycles. The van der Waals surface area contributed by atoms with Gasteiger partial charge in [-0.05, 0) is 17.5 Å². The van der Waals surface area contributed by atoms with Gasteiger partial charge in [-0.15, -0.1) is 0 Å². The lowest BCUT2D eigenvalue weighted by atomic mass is 10.0. The maximum atomic E-state index is 13.9. The number of hydrogen-bond donors (Lipinski definition) is 3. The van der Waals surface area contributed by atoms with Crippen LogP contribution in [0.5, 0.6) is 5.88 Å². The standard InChI is InChI=1S/C24H20F3N5O4/c25-24(26,27)21(16-7-5-14(6-8-16)17-11-30-35-12-17)36-20-10-19(31-23(29)32-20)15-3-1-13(2-4-15)9-18(28)22(33)34/h1-8,10-12,18,21H,9,28H2,(H,33,34)(H2,29,31,32). The summed E-state index contributed by atoms with van der Waals surface area (Å²) in [4.78, 5) is 18.8. The third-order valence-corrected chi connectivity index (χ3v) is 5.26. The zero-order valence-electron chi connectivity index (χ0n) is 18.5. The van der Waals surface area contributed by atoms with E-state index in [0.29, 0.717) is 22.3 Å². The SMILES string of the molecule is Nc1nc(OC(c2ccc(-c3cnoc3)cc2)C(F)(F)F)cc(-c2ccc(CC(N)C(=O)O)cc2)n1. The number of carboxylic acids is 1. The number of nitrogens with zero attached hydrogens (tertiary/aromatic N) is 3. The number of ether oxygens (including phenoxy) is 1. The number of hydrogen-bond acceptors (Lipinski definition) is 8. The molecular weight excluding hydrogens is 479 g/mol. The Balaban J connectivity index is 1.58. The Bertz CT molecular complexity index is 1330. The Hall–Kier alpha value is -4.45. The molecule has 186 valence electrons. The Morgan fingerprint density at radius 2 is 1.69 bits per heavy atom. The molecule has 0 bridgehead atoms. The van der Waals surface area contributed by atoms with Gasteiger partial charge in [0.25, 0.3) is 0 Å². The summed E-state index contributed by atoms with van der Waals surface area (Å²) in [5, 5.41) is 12.5. The highest BCUT2D eigenvalue weighted by molar-refractivity contribution is 5.73. The predicted molar refractivity (Wildman–Crippen MR) is 123 cm³/mol. The topological polar surface area (TPSA) is 150 Å². The molecule has 4 rings (SSSR count). The Labute approximate surface area is 202 Å². The third kappa shape index (κ3) is 5.78. The molecule has 0 radical (unpaired) electrons. The van der Waals surface area contributed by atoms with E-state index in [1.807, 2.05) is 0 Å². The molecule has 5 N–H and O–H groups in total. The van der Waals surface area contributed by atoms with E-state index in [9.17, 15) is 18.0 Å². The van der Waals surface area contributed by atoms with Crippen LogP contribution in [0.3, 0.4) is 0 Å². The number of alkyl halides is 3. The summed E-state index contributed by atoms with van der Waals surface area (Å²) in [5.74, 6) is -1.76. The number of anilines is 1. The van der Waals surface area contributed by atoms with Crippen LogP contribution in [0, 0.1) is 0 Å². The minimum Gasteiger partial charge on any atom is -0.480 e. The van der Waals surface area contributed by atoms with Crippen molar-refractivity contribution < 1.29 is 32.3 Å². The van der Waals surface area contributed by atoms with Gasteiger partial charge in [-0.2, -0.15) is 18.2 Å². The van der Waals surface area contributed by atoms with E-state index >= 15 is 0 Å². The highest BCUT2D eigenvalue weighted by Gasteiger charge is 2.43. The first-order valence-corrected chi connectivity index (χ1v) is 10.6. The van der Waals surface area contributed by atoms with Crippen molar-refractivity contribution in [3.8, 4) is 28.3 Å². The molecule has 9 nitrogen and oxygen atoms in total. The van der Waals surface area contributed by atoms with Crippen molar-refractivity contribution in [2.75, 3.05) is 5.73 Å². The molecule has 2 heterocycles. The lowest BCUT2D eigenvalue weighted by molar-refractivity contribution is -0.198. The summed E-state index contributed by atoms with van der Waals surface area (Å²) in [5.41, 5.74) is 13.8. The number of benzene rings is 2. The number of nitrogen functional groups attached to an aromatic ring is 1. The quantitative estimate of drug-likeness (QED) is 0.327. The summed E-state index contributed by atoms with van der Waals surface area (Å²) >= 11 is 0. The van der Waals surface area contributed by atoms with Gasteiger partial charge in [0.1, 0.15) is 12.3 Å². The average molecular weight is 499 g/mol. The van der Waals surface area contributed by atoms with E-state index in [1.54, 1.807) is 24.3 Å². The summed E-state index contributed by atoms with van der Waals surface area (Å²) in [6.45, 7) is 0. The maximum Gasteiger partial charge on any atom is 0.429 e. The fourth-order valence-corrected chi connectivity index (χ4v) is 3.45. The van der Waals surface area contributed by atoms with Crippen LogP contribution >= 0.6 is 0 Å². The van der Waals surface area contributed by atoms with E-state index in [-0.39, 0.29) is 29.5 Å². The van der Waals surface area contributed by atoms with Crippen molar-refractivity contribution in [3.63, 3.8) is 0 Å². The number of aliphatic carboxylic acids is 1. The maximum absolute atomic E-state index is 13.9. The molecule has 0 aliphatic rings. The fraction of sp³-hybridized carbons (Fsp3) is 0.167. The molecule has 36 heavy (non-hydrogen) atoms. The molecule has 2 unspecified atom stereocenters. The molecular formula is C24H20F3N5O4. The minimum atomic E-state index is -4.75. The highest BCUT2D eigenvalue weighted by atomic mass is 19.4. The second-order valence-electron chi connectivity index (χ2n) is 7.87. The molecule has 0 fully saturated rings. The van der Waals surface area contributed by atoms with Crippen LogP contribution < -0.4 is 16.2 Å². The number of rotatable bonds is 8. The zero-order valence-corrected chi connectivity index (χ0v) is 18.5. The van der Waals surface area contributed by atoms with E-state index in [2.05, 4.69) is 15.1 Å². The number of nitrogens with two attached hydrogens (primary N) is 2. The van der Waals surface area contributed by atoms with Gasteiger partial charge in [0, 0.05) is 22.8 Å². The van der Waals surface area contributed by atoms with Crippen molar-refractivity contribution in [2.24, 2.45) is 5.73 Å². The molecule has 12 heteroatoms. The van der Waals surface area contributed by atoms with Crippen LogP contribution in [-0.4, -0.2) is 38.4 Å². The van der Waals surface area contributed by atoms with Crippen molar-refractivity contribution >= 4 is 11.9 Å². The van der Waals surface area contributed by atoms with E-state index in [4.69, 9.17) is 25.8 Å². The second kappa shape index (κ2) is 10.0. The molecule has 2 aromatic carbocycles. The monoisotopic (exact) mass is 499 g/mol. The largest absolute Gasteiger partial charge is 0.480 e. The normalized spacial score (nSPS) is 13.2. The average Bonchev–Trinajstić information content (AvgIpc) is 3.37. The first-order chi connectivity index (χ1) is 17.1. The van der Waals surface area contributed by atoms with Gasteiger partial charge in [0.2, 0.25) is 17.9 Å². The van der Waals surface area contributed by atoms with Gasteiger partial charge >= 0.3 is 12.1 Å². The molecule has 0 spiro atoms. The van der Waals surface area contributed by atoms with Gasteiger partial charge in [-0.3, -0.25) is 4.79 Å². The minimum absolute atomic E-state index is 0.110. The van der Waals surface area contributed by atoms with Gasteiger partial charge in [0.05, 0.1) is 11.9 Å². The van der Waals surface area contributed by atoms with Crippen molar-refractivity contribution in [3.05, 3.63) is 78.2 Å². The van der Waals surface area contributed by atoms with Crippen LogP contribution in [0.25, 0.3) is 22.4 Å². The Kier molecular flexibility index (Phi) is 6.88. The van der Waals surface area contributed by atoms with E-state index in [1.165, 1.54) is 42.8 Å². The summed E-state index contributed by atoms with van der Waals surface area (Å²) < 4.78 is 51.8. The predicted octanol–water partition coefficient (Wildman–Crippen LogP) is 4.02. The molecule has 0 aliphatic carbocycles. The summed E-state index contributed by atoms with van der Waals surface area (Å²) in [6, 6.07) is 12.3. The Morgan fingerprint density at radius 3 is 2.28 bits per heavy atom. The lowest BCUT2D eigenvalue weighted by Gasteiger charge is -2.22. The van der Waals surface area contributed by atoms with Crippen molar-refractivity contribution in [2.45, 2.75) is 24.7 Å². The highest BCUT2D eigenvalue weighted by Crippen LogP contribution is 2.38. The number of halogens is 3. The van der Waals surface area contributed by atoms with Gasteiger partial charge in [-0.25, -0.2) is 4.98 Å². The molecule has 0 amide bonds. The van der Waals surface area contributed by atoms with Crippen LogP contribution in [0.15, 0.2) is 71.6 Å². The first-order valence-electron chi connectivity index (χ1n) is 10.6. The van der Waals surface area contributed by atoms with Crippen molar-refractivity contribution in [1.29, 1.82) is 0 Å². The Morgan fingerprint density at radius 1 is 1.03 bits per heavy atom. The van der Waals surface area contributed by atoms with Gasteiger partial charge < -0.3 is 25.8 Å². The van der Waals surface area contributed by atoms with Crippen molar-refractivity contribution in [1.82, 2.24) is 15.1 Å². The second-order valence-corrected chi connectivity index (χ2v) is 7.87. The fourth-order valence-electron chi connectivity index (χ4n) is 3.45. The molecule has 2 aromatic heterocycles. The van der Waals surface area contributed by atoms with Crippen LogP contribution in [0.4, 0.5) is 19.1 Å². The van der Waals surface area contributed by atoms with Gasteiger partial charge in [-0.1, -0.05) is 53.7 Å². The summed E-state index contributed by atoms with van der Waals surface area (Å²) in [6.07, 6.45) is -4.12. The lowest BCUT2D eigenvalue weighted by Crippen LogP contribution is -2.32. The van der Waals surface area contributed by atoms with Crippen LogP contribution in [-0.2, 0) is 11.2 Å². The molecule has 0 saturated heterocycles. The zero-order chi connectivity index (χ0) is 25.9.